The highest BCUT2D eigenvalue weighted by atomic mass is 35.5. The molecule has 1 amide bonds. The molecule has 1 fully saturated rings. The van der Waals surface area contributed by atoms with Gasteiger partial charge in [-0.3, -0.25) is 14.6 Å². The number of morpholine rings is 1. The third-order valence-electron chi connectivity index (χ3n) is 6.08. The monoisotopic (exact) mass is 555 g/mol. The molecule has 11 heteroatoms. The molecular formula is C25H31ClFN3O4S2. The van der Waals surface area contributed by atoms with Crippen molar-refractivity contribution < 1.29 is 22.3 Å². The van der Waals surface area contributed by atoms with Crippen LogP contribution in [0.2, 0.25) is 0 Å². The van der Waals surface area contributed by atoms with Gasteiger partial charge >= 0.3 is 0 Å². The summed E-state index contributed by atoms with van der Waals surface area (Å²) >= 11 is 1.48. The molecule has 0 radical (unpaired) electrons. The summed E-state index contributed by atoms with van der Waals surface area (Å²) in [6, 6.07) is 10.7. The van der Waals surface area contributed by atoms with Gasteiger partial charge in [0, 0.05) is 32.6 Å². The van der Waals surface area contributed by atoms with E-state index in [2.05, 4.69) is 4.90 Å². The van der Waals surface area contributed by atoms with E-state index in [4.69, 9.17) is 9.72 Å². The third-order valence-corrected chi connectivity index (χ3v) is 8.94. The Labute approximate surface area is 221 Å². The lowest BCUT2D eigenvalue weighted by Gasteiger charge is -2.27. The number of rotatable bonds is 10. The van der Waals surface area contributed by atoms with Gasteiger partial charge in [0.15, 0.2) is 15.0 Å². The maximum atomic E-state index is 13.3. The van der Waals surface area contributed by atoms with Crippen molar-refractivity contribution in [3.63, 3.8) is 0 Å². The minimum atomic E-state index is -3.59. The number of fused-ring (bicyclic) bond motifs is 1. The Morgan fingerprint density at radius 1 is 1.14 bits per heavy atom. The van der Waals surface area contributed by atoms with E-state index in [1.165, 1.54) is 23.5 Å². The number of aromatic nitrogens is 1. The first-order valence-corrected chi connectivity index (χ1v) is 14.3. The van der Waals surface area contributed by atoms with Gasteiger partial charge in [-0.05, 0) is 55.7 Å². The second-order valence-electron chi connectivity index (χ2n) is 8.65. The molecule has 196 valence electrons. The average Bonchev–Trinajstić information content (AvgIpc) is 3.28. The summed E-state index contributed by atoms with van der Waals surface area (Å²) in [5.74, 6) is -0.804. The van der Waals surface area contributed by atoms with Gasteiger partial charge in [-0.1, -0.05) is 23.5 Å². The molecule has 0 N–H and O–H groups in total. The van der Waals surface area contributed by atoms with Crippen LogP contribution in [0.1, 0.15) is 24.8 Å². The van der Waals surface area contributed by atoms with E-state index in [-0.39, 0.29) is 41.8 Å². The minimum absolute atomic E-state index is 0. The number of hydrogen-bond acceptors (Lipinski definition) is 7. The number of nitrogens with zero attached hydrogens (tertiary/aromatic N) is 3. The fourth-order valence-corrected chi connectivity index (χ4v) is 6.50. The highest BCUT2D eigenvalue weighted by Gasteiger charge is 2.22. The molecule has 2 heterocycles. The second-order valence-corrected chi connectivity index (χ2v) is 11.8. The highest BCUT2D eigenvalue weighted by Crippen LogP contribution is 2.31. The maximum absolute atomic E-state index is 13.3. The second kappa shape index (κ2) is 12.9. The normalized spacial score (nSPS) is 14.5. The molecule has 2 aromatic carbocycles. The summed E-state index contributed by atoms with van der Waals surface area (Å²) in [7, 11) is -3.59. The largest absolute Gasteiger partial charge is 0.379 e. The predicted octanol–water partition coefficient (Wildman–Crippen LogP) is 4.48. The van der Waals surface area contributed by atoms with Crippen LogP contribution in [-0.2, 0) is 19.4 Å². The van der Waals surface area contributed by atoms with Crippen LogP contribution in [-0.4, -0.2) is 69.4 Å². The lowest BCUT2D eigenvalue weighted by Crippen LogP contribution is -2.39. The number of hydrogen-bond donors (Lipinski definition) is 0. The zero-order chi connectivity index (χ0) is 24.8. The van der Waals surface area contributed by atoms with E-state index in [1.807, 2.05) is 25.1 Å². The van der Waals surface area contributed by atoms with Crippen molar-refractivity contribution in [3.8, 4) is 0 Å². The topological polar surface area (TPSA) is 79.8 Å². The number of carbonyl (C=O) groups is 1. The van der Waals surface area contributed by atoms with Gasteiger partial charge in [-0.25, -0.2) is 17.8 Å². The van der Waals surface area contributed by atoms with Crippen molar-refractivity contribution in [1.29, 1.82) is 0 Å². The molecule has 7 nitrogen and oxygen atoms in total. The van der Waals surface area contributed by atoms with Crippen LogP contribution in [0.3, 0.4) is 0 Å². The number of anilines is 1. The number of ether oxygens (including phenoxy) is 1. The quantitative estimate of drug-likeness (QED) is 0.343. The van der Waals surface area contributed by atoms with Crippen molar-refractivity contribution in [2.45, 2.75) is 31.1 Å². The molecule has 4 rings (SSSR count). The van der Waals surface area contributed by atoms with E-state index in [1.54, 1.807) is 4.90 Å². The van der Waals surface area contributed by atoms with Crippen molar-refractivity contribution >= 4 is 54.8 Å². The molecule has 0 bridgehead atoms. The molecule has 0 unspecified atom stereocenters. The Hall–Kier alpha value is -2.11. The average molecular weight is 556 g/mol. The summed E-state index contributed by atoms with van der Waals surface area (Å²) in [5.41, 5.74) is 1.94. The number of aryl methyl sites for hydroxylation is 1. The van der Waals surface area contributed by atoms with E-state index in [0.717, 1.165) is 67.2 Å². The fraction of sp³-hybridized carbons (Fsp3) is 0.440. The molecule has 3 aromatic rings. The van der Waals surface area contributed by atoms with Crippen molar-refractivity contribution in [3.05, 3.63) is 53.8 Å². The van der Waals surface area contributed by atoms with Crippen LogP contribution in [0.4, 0.5) is 9.52 Å². The van der Waals surface area contributed by atoms with Crippen LogP contribution in [0, 0.1) is 12.7 Å². The van der Waals surface area contributed by atoms with Crippen molar-refractivity contribution in [2.24, 2.45) is 0 Å². The van der Waals surface area contributed by atoms with Gasteiger partial charge in [0.05, 0.1) is 34.1 Å². The molecule has 36 heavy (non-hydrogen) atoms. The molecule has 1 saturated heterocycles. The number of benzene rings is 2. The summed E-state index contributed by atoms with van der Waals surface area (Å²) in [6.45, 7) is 6.59. The number of thiazole rings is 1. The number of halogens is 2. The van der Waals surface area contributed by atoms with E-state index in [9.17, 15) is 17.6 Å². The van der Waals surface area contributed by atoms with E-state index >= 15 is 0 Å². The first kappa shape index (κ1) is 28.5. The smallest absolute Gasteiger partial charge is 0.228 e. The van der Waals surface area contributed by atoms with Crippen LogP contribution in [0.15, 0.2) is 47.4 Å². The van der Waals surface area contributed by atoms with Gasteiger partial charge in [0.2, 0.25) is 5.91 Å². The molecular weight excluding hydrogens is 525 g/mol. The Morgan fingerprint density at radius 2 is 1.86 bits per heavy atom. The number of carbonyl (C=O) groups excluding carboxylic acids is 1. The number of sulfone groups is 1. The Balaban J connectivity index is 0.00000361. The standard InChI is InChI=1S/C25H30FN3O4S2.ClH/c1-19-5-2-6-22-24(19)27-25(34-22)29(13-4-12-28-14-16-33-17-15-28)23(30)7-3-18-35(31,32)21-10-8-20(26)9-11-21;/h2,5-6,8-11H,3-4,7,12-18H2,1H3;1H. The Morgan fingerprint density at radius 3 is 2.56 bits per heavy atom. The van der Waals surface area contributed by atoms with E-state index in [0.29, 0.717) is 11.7 Å². The molecule has 0 spiro atoms. The van der Waals surface area contributed by atoms with Crippen LogP contribution >= 0.6 is 23.7 Å². The van der Waals surface area contributed by atoms with E-state index < -0.39 is 15.7 Å². The molecule has 0 atom stereocenters. The fourth-order valence-electron chi connectivity index (χ4n) is 4.10. The number of para-hydroxylation sites is 1. The predicted molar refractivity (Wildman–Crippen MR) is 144 cm³/mol. The Bertz CT molecular complexity index is 1260. The van der Waals surface area contributed by atoms with Crippen LogP contribution < -0.4 is 4.90 Å². The lowest BCUT2D eigenvalue weighted by molar-refractivity contribution is -0.118. The summed E-state index contributed by atoms with van der Waals surface area (Å²) in [5, 5.41) is 0.641. The van der Waals surface area contributed by atoms with Crippen LogP contribution in [0.25, 0.3) is 10.2 Å². The minimum Gasteiger partial charge on any atom is -0.379 e. The summed E-state index contributed by atoms with van der Waals surface area (Å²) < 4.78 is 44.8. The molecule has 0 saturated carbocycles. The molecule has 1 aliphatic heterocycles. The molecule has 1 aliphatic rings. The summed E-state index contributed by atoms with van der Waals surface area (Å²) in [6.07, 6.45) is 1.06. The summed E-state index contributed by atoms with van der Waals surface area (Å²) in [4.78, 5) is 22.1. The van der Waals surface area contributed by atoms with Gasteiger partial charge in [0.1, 0.15) is 5.82 Å². The Kier molecular flexibility index (Phi) is 10.2. The maximum Gasteiger partial charge on any atom is 0.228 e. The number of amides is 1. The SMILES string of the molecule is Cc1cccc2sc(N(CCCN3CCOCC3)C(=O)CCCS(=O)(=O)c3ccc(F)cc3)nc12.Cl. The van der Waals surface area contributed by atoms with Crippen LogP contribution in [0.5, 0.6) is 0 Å². The zero-order valence-electron chi connectivity index (χ0n) is 20.2. The van der Waals surface area contributed by atoms with Gasteiger partial charge < -0.3 is 4.74 Å². The first-order valence-electron chi connectivity index (χ1n) is 11.8. The molecule has 1 aromatic heterocycles. The third kappa shape index (κ3) is 7.23. The highest BCUT2D eigenvalue weighted by molar-refractivity contribution is 7.91. The molecule has 0 aliphatic carbocycles. The first-order chi connectivity index (χ1) is 16.8. The van der Waals surface area contributed by atoms with Gasteiger partial charge in [-0.15, -0.1) is 12.4 Å². The lowest BCUT2D eigenvalue weighted by atomic mass is 10.2. The van der Waals surface area contributed by atoms with Crippen molar-refractivity contribution in [1.82, 2.24) is 9.88 Å². The van der Waals surface area contributed by atoms with Crippen molar-refractivity contribution in [2.75, 3.05) is 50.0 Å². The zero-order valence-corrected chi connectivity index (χ0v) is 22.6. The van der Waals surface area contributed by atoms with Gasteiger partial charge in [0.25, 0.3) is 0 Å². The van der Waals surface area contributed by atoms with Gasteiger partial charge in [-0.2, -0.15) is 0 Å².